The van der Waals surface area contributed by atoms with Gasteiger partial charge in [-0.1, -0.05) is 0 Å². The van der Waals surface area contributed by atoms with E-state index in [-0.39, 0.29) is 0 Å². The van der Waals surface area contributed by atoms with Gasteiger partial charge < -0.3 is 26.2 Å². The molecule has 5 nitrogen and oxygen atoms in total. The lowest BCUT2D eigenvalue weighted by Crippen LogP contribution is -2.53. The number of hydrogen-bond acceptors (Lipinski definition) is 5. The predicted octanol–water partition coefficient (Wildman–Crippen LogP) is -2.84. The third-order valence-electron chi connectivity index (χ3n) is 2.27. The first-order valence-corrected chi connectivity index (χ1v) is 3.40. The molecule has 5 atom stereocenters. The molecule has 1 aliphatic rings. The Morgan fingerprint density at radius 3 is 1.36 bits per heavy atom. The van der Waals surface area contributed by atoms with Crippen molar-refractivity contribution in [2.24, 2.45) is 5.73 Å². The third-order valence-corrected chi connectivity index (χ3v) is 2.27. The topological polar surface area (TPSA) is 107 Å². The van der Waals surface area contributed by atoms with Gasteiger partial charge in [0.05, 0.1) is 5.54 Å². The van der Waals surface area contributed by atoms with Crippen LogP contribution in [-0.4, -0.2) is 50.4 Å². The van der Waals surface area contributed by atoms with E-state index in [0.29, 0.717) is 0 Å². The summed E-state index contributed by atoms with van der Waals surface area (Å²) in [4.78, 5) is 0. The van der Waals surface area contributed by atoms with Crippen molar-refractivity contribution >= 4 is 0 Å². The molecule has 0 bridgehead atoms. The zero-order valence-electron chi connectivity index (χ0n) is 6.18. The summed E-state index contributed by atoms with van der Waals surface area (Å²) in [5.41, 5.74) is 4.09. The lowest BCUT2D eigenvalue weighted by molar-refractivity contribution is -0.0413. The van der Waals surface area contributed by atoms with E-state index >= 15 is 0 Å². The maximum atomic E-state index is 9.17. The van der Waals surface area contributed by atoms with Gasteiger partial charge in [-0.2, -0.15) is 0 Å². The Kier molecular flexibility index (Phi) is 1.94. The van der Waals surface area contributed by atoms with Crippen LogP contribution in [-0.2, 0) is 0 Å². The number of aliphatic hydroxyl groups excluding tert-OH is 4. The Morgan fingerprint density at radius 1 is 1.00 bits per heavy atom. The highest BCUT2D eigenvalue weighted by Crippen LogP contribution is 2.28. The molecule has 1 fully saturated rings. The fourth-order valence-corrected chi connectivity index (χ4v) is 1.28. The molecule has 0 spiro atoms. The summed E-state index contributed by atoms with van der Waals surface area (Å²) in [5, 5.41) is 36.4. The monoisotopic (exact) mass is 163 g/mol. The first-order chi connectivity index (χ1) is 4.89. The molecule has 0 radical (unpaired) electrons. The highest BCUT2D eigenvalue weighted by molar-refractivity contribution is 5.09. The van der Waals surface area contributed by atoms with Gasteiger partial charge in [-0.3, -0.25) is 0 Å². The smallest absolute Gasteiger partial charge is 0.110 e. The second kappa shape index (κ2) is 2.40. The molecule has 1 aliphatic carbocycles. The van der Waals surface area contributed by atoms with E-state index in [1.807, 2.05) is 0 Å². The number of hydrogen-bond donors (Lipinski definition) is 5. The van der Waals surface area contributed by atoms with E-state index in [1.165, 1.54) is 6.92 Å². The van der Waals surface area contributed by atoms with Gasteiger partial charge in [0.25, 0.3) is 0 Å². The molecular formula is C6H13NO4. The SMILES string of the molecule is CC1(N)[C@H](O)[C@H](O)[C@H](O)[C@@H]1O. The van der Waals surface area contributed by atoms with Crippen molar-refractivity contribution in [1.82, 2.24) is 0 Å². The summed E-state index contributed by atoms with van der Waals surface area (Å²) in [7, 11) is 0. The van der Waals surface area contributed by atoms with Gasteiger partial charge in [0.2, 0.25) is 0 Å². The molecular weight excluding hydrogens is 150 g/mol. The molecule has 5 heteroatoms. The van der Waals surface area contributed by atoms with Gasteiger partial charge in [-0.05, 0) is 6.92 Å². The molecule has 11 heavy (non-hydrogen) atoms. The second-order valence-electron chi connectivity index (χ2n) is 3.24. The minimum atomic E-state index is -1.36. The third kappa shape index (κ3) is 1.05. The summed E-state index contributed by atoms with van der Waals surface area (Å²) >= 11 is 0. The fourth-order valence-electron chi connectivity index (χ4n) is 1.28. The van der Waals surface area contributed by atoms with Crippen LogP contribution in [0.3, 0.4) is 0 Å². The van der Waals surface area contributed by atoms with E-state index in [1.54, 1.807) is 0 Å². The van der Waals surface area contributed by atoms with Crippen molar-refractivity contribution in [1.29, 1.82) is 0 Å². The van der Waals surface area contributed by atoms with Crippen LogP contribution in [0.15, 0.2) is 0 Å². The van der Waals surface area contributed by atoms with E-state index in [9.17, 15) is 10.2 Å². The van der Waals surface area contributed by atoms with Crippen LogP contribution in [0, 0.1) is 0 Å². The lowest BCUT2D eigenvalue weighted by Gasteiger charge is -2.26. The molecule has 0 heterocycles. The number of rotatable bonds is 0. The minimum Gasteiger partial charge on any atom is -0.388 e. The average Bonchev–Trinajstić information content (AvgIpc) is 2.06. The van der Waals surface area contributed by atoms with Gasteiger partial charge in [0.15, 0.2) is 0 Å². The van der Waals surface area contributed by atoms with Crippen LogP contribution in [0.1, 0.15) is 6.92 Å². The molecule has 0 amide bonds. The van der Waals surface area contributed by atoms with E-state index in [0.717, 1.165) is 0 Å². The van der Waals surface area contributed by atoms with Crippen molar-refractivity contribution in [3.8, 4) is 0 Å². The molecule has 1 unspecified atom stereocenters. The van der Waals surface area contributed by atoms with Crippen LogP contribution in [0.2, 0.25) is 0 Å². The first-order valence-electron chi connectivity index (χ1n) is 3.40. The van der Waals surface area contributed by atoms with Crippen LogP contribution in [0.25, 0.3) is 0 Å². The quantitative estimate of drug-likeness (QED) is 0.264. The Balaban J connectivity index is 2.87. The zero-order chi connectivity index (χ0) is 8.81. The average molecular weight is 163 g/mol. The molecule has 0 aromatic carbocycles. The van der Waals surface area contributed by atoms with Crippen molar-refractivity contribution in [2.45, 2.75) is 36.9 Å². The van der Waals surface area contributed by atoms with Crippen LogP contribution < -0.4 is 5.73 Å². The Bertz CT molecular complexity index is 145. The van der Waals surface area contributed by atoms with E-state index < -0.39 is 30.0 Å². The van der Waals surface area contributed by atoms with Gasteiger partial charge >= 0.3 is 0 Å². The maximum Gasteiger partial charge on any atom is 0.110 e. The highest BCUT2D eigenvalue weighted by Gasteiger charge is 2.54. The normalized spacial score (nSPS) is 58.4. The second-order valence-corrected chi connectivity index (χ2v) is 3.24. The predicted molar refractivity (Wildman–Crippen MR) is 36.6 cm³/mol. The van der Waals surface area contributed by atoms with Crippen molar-refractivity contribution in [3.63, 3.8) is 0 Å². The molecule has 1 rings (SSSR count). The van der Waals surface area contributed by atoms with Crippen LogP contribution >= 0.6 is 0 Å². The zero-order valence-corrected chi connectivity index (χ0v) is 6.18. The summed E-state index contributed by atoms with van der Waals surface area (Å²) in [5.74, 6) is 0. The van der Waals surface area contributed by atoms with E-state index in [2.05, 4.69) is 0 Å². The summed E-state index contributed by atoms with van der Waals surface area (Å²) in [6, 6.07) is 0. The summed E-state index contributed by atoms with van der Waals surface area (Å²) in [6.07, 6.45) is -5.29. The fraction of sp³-hybridized carbons (Fsp3) is 1.00. The van der Waals surface area contributed by atoms with Gasteiger partial charge in [-0.15, -0.1) is 0 Å². The Morgan fingerprint density at radius 2 is 1.27 bits per heavy atom. The summed E-state index contributed by atoms with van der Waals surface area (Å²) in [6.45, 7) is 1.38. The molecule has 0 aromatic heterocycles. The van der Waals surface area contributed by atoms with Crippen LogP contribution in [0.5, 0.6) is 0 Å². The van der Waals surface area contributed by atoms with Gasteiger partial charge in [0.1, 0.15) is 24.4 Å². The lowest BCUT2D eigenvalue weighted by atomic mass is 9.97. The largest absolute Gasteiger partial charge is 0.388 e. The molecule has 0 aromatic rings. The molecule has 0 aliphatic heterocycles. The highest BCUT2D eigenvalue weighted by atomic mass is 16.4. The first kappa shape index (κ1) is 8.89. The number of aliphatic hydroxyl groups is 4. The van der Waals surface area contributed by atoms with Crippen molar-refractivity contribution in [2.75, 3.05) is 0 Å². The Hall–Kier alpha value is -0.200. The molecule has 66 valence electrons. The molecule has 1 saturated carbocycles. The summed E-state index contributed by atoms with van der Waals surface area (Å²) < 4.78 is 0. The van der Waals surface area contributed by atoms with Crippen molar-refractivity contribution in [3.05, 3.63) is 0 Å². The standard InChI is InChI=1S/C6H13NO4/c1-6(7)4(10)2(8)3(9)5(6)11/h2-5,8-11H,7H2,1H3/t2-,3+,4-,5+,6?. The molecule has 0 saturated heterocycles. The van der Waals surface area contributed by atoms with Gasteiger partial charge in [-0.25, -0.2) is 0 Å². The van der Waals surface area contributed by atoms with Crippen LogP contribution in [0.4, 0.5) is 0 Å². The van der Waals surface area contributed by atoms with Crippen molar-refractivity contribution < 1.29 is 20.4 Å². The molecule has 6 N–H and O–H groups in total. The Labute approximate surface area is 64.1 Å². The van der Waals surface area contributed by atoms with Gasteiger partial charge in [0, 0.05) is 0 Å². The maximum absolute atomic E-state index is 9.17. The van der Waals surface area contributed by atoms with E-state index in [4.69, 9.17) is 15.9 Å². The number of nitrogens with two attached hydrogens (primary N) is 1. The minimum absolute atomic E-state index is 1.28.